The van der Waals surface area contributed by atoms with Gasteiger partial charge in [-0.15, -0.1) is 0 Å². The number of hydrogen-bond acceptors (Lipinski definition) is 4. The second kappa shape index (κ2) is 10.9. The predicted octanol–water partition coefficient (Wildman–Crippen LogP) is 4.56. The Morgan fingerprint density at radius 2 is 1.60 bits per heavy atom. The fraction of sp³-hybridized carbons (Fsp3) is 0.464. The SMILES string of the molecule is CC(C)C(CNC(=O)[C@H](CC1CC1)NC(=O)OCC1c2ccccc2-c2ccccc21)CC(=O)O. The van der Waals surface area contributed by atoms with Gasteiger partial charge in [0.15, 0.2) is 0 Å². The third-order valence-corrected chi connectivity index (χ3v) is 7.14. The molecular weight excluding hydrogens is 444 g/mol. The zero-order chi connectivity index (χ0) is 24.9. The quantitative estimate of drug-likeness (QED) is 0.439. The summed E-state index contributed by atoms with van der Waals surface area (Å²) in [6, 6.07) is 15.6. The number of ether oxygens (including phenoxy) is 1. The minimum absolute atomic E-state index is 0.00888. The van der Waals surface area contributed by atoms with Gasteiger partial charge in [0.25, 0.3) is 0 Å². The molecule has 0 bridgehead atoms. The largest absolute Gasteiger partial charge is 0.481 e. The van der Waals surface area contributed by atoms with Crippen LogP contribution >= 0.6 is 0 Å². The predicted molar refractivity (Wildman–Crippen MR) is 133 cm³/mol. The summed E-state index contributed by atoms with van der Waals surface area (Å²) in [6.45, 7) is 4.33. The summed E-state index contributed by atoms with van der Waals surface area (Å²) >= 11 is 0. The number of carbonyl (C=O) groups excluding carboxylic acids is 2. The lowest BCUT2D eigenvalue weighted by Gasteiger charge is -2.23. The van der Waals surface area contributed by atoms with E-state index < -0.39 is 18.1 Å². The van der Waals surface area contributed by atoms with Crippen molar-refractivity contribution in [2.24, 2.45) is 17.8 Å². The highest BCUT2D eigenvalue weighted by molar-refractivity contribution is 5.86. The summed E-state index contributed by atoms with van der Waals surface area (Å²) in [5.74, 6) is -0.868. The van der Waals surface area contributed by atoms with Gasteiger partial charge in [0, 0.05) is 12.5 Å². The topological polar surface area (TPSA) is 105 Å². The van der Waals surface area contributed by atoms with Crippen molar-refractivity contribution in [3.63, 3.8) is 0 Å². The number of amides is 2. The average molecular weight is 479 g/mol. The van der Waals surface area contributed by atoms with E-state index in [-0.39, 0.29) is 43.2 Å². The number of fused-ring (bicyclic) bond motifs is 3. The van der Waals surface area contributed by atoms with Gasteiger partial charge in [-0.1, -0.05) is 75.2 Å². The molecule has 1 unspecified atom stereocenters. The summed E-state index contributed by atoms with van der Waals surface area (Å²) in [7, 11) is 0. The first kappa shape index (κ1) is 24.8. The maximum atomic E-state index is 12.9. The van der Waals surface area contributed by atoms with E-state index >= 15 is 0 Å². The number of nitrogens with one attached hydrogen (secondary N) is 2. The van der Waals surface area contributed by atoms with Crippen molar-refractivity contribution in [3.05, 3.63) is 59.7 Å². The molecule has 1 fully saturated rings. The number of aliphatic carboxylic acids is 1. The van der Waals surface area contributed by atoms with Crippen molar-refractivity contribution < 1.29 is 24.2 Å². The molecule has 0 radical (unpaired) electrons. The maximum Gasteiger partial charge on any atom is 0.407 e. The van der Waals surface area contributed by atoms with Gasteiger partial charge in [-0.05, 0) is 46.4 Å². The Bertz CT molecular complexity index is 1030. The minimum atomic E-state index is -0.885. The van der Waals surface area contributed by atoms with E-state index in [4.69, 9.17) is 9.84 Å². The van der Waals surface area contributed by atoms with Gasteiger partial charge in [0.2, 0.25) is 5.91 Å². The molecule has 2 amide bonds. The number of hydrogen-bond donors (Lipinski definition) is 3. The Balaban J connectivity index is 1.36. The highest BCUT2D eigenvalue weighted by Gasteiger charge is 2.33. The van der Waals surface area contributed by atoms with E-state index in [1.54, 1.807) is 0 Å². The molecule has 2 aromatic rings. The number of benzene rings is 2. The molecule has 0 heterocycles. The fourth-order valence-corrected chi connectivity index (χ4v) is 4.82. The smallest absolute Gasteiger partial charge is 0.407 e. The van der Waals surface area contributed by atoms with Crippen molar-refractivity contribution in [3.8, 4) is 11.1 Å². The van der Waals surface area contributed by atoms with E-state index in [2.05, 4.69) is 34.9 Å². The van der Waals surface area contributed by atoms with Crippen molar-refractivity contribution in [1.29, 1.82) is 0 Å². The van der Waals surface area contributed by atoms with Crippen LogP contribution in [0.25, 0.3) is 11.1 Å². The molecule has 0 aromatic heterocycles. The molecule has 2 aliphatic carbocycles. The highest BCUT2D eigenvalue weighted by Crippen LogP contribution is 2.44. The molecule has 4 rings (SSSR count). The molecule has 0 spiro atoms. The molecule has 1 saturated carbocycles. The third kappa shape index (κ3) is 6.21. The summed E-state index contributed by atoms with van der Waals surface area (Å²) in [5.41, 5.74) is 4.58. The molecule has 0 saturated heterocycles. The van der Waals surface area contributed by atoms with Crippen LogP contribution in [0.15, 0.2) is 48.5 Å². The molecule has 7 heteroatoms. The van der Waals surface area contributed by atoms with Crippen LogP contribution in [-0.2, 0) is 14.3 Å². The van der Waals surface area contributed by atoms with Crippen LogP contribution in [0.3, 0.4) is 0 Å². The summed E-state index contributed by atoms with van der Waals surface area (Å²) < 4.78 is 5.63. The molecule has 35 heavy (non-hydrogen) atoms. The summed E-state index contributed by atoms with van der Waals surface area (Å²) in [6.07, 6.45) is 2.03. The van der Waals surface area contributed by atoms with E-state index in [1.807, 2.05) is 38.1 Å². The Kier molecular flexibility index (Phi) is 7.73. The fourth-order valence-electron chi connectivity index (χ4n) is 4.82. The van der Waals surface area contributed by atoms with Crippen LogP contribution in [0.4, 0.5) is 4.79 Å². The van der Waals surface area contributed by atoms with Gasteiger partial charge in [0.05, 0.1) is 6.42 Å². The standard InChI is InChI=1S/C28H34N2O5/c1-17(2)19(14-26(31)32)15-29-27(33)25(13-18-11-12-18)30-28(34)35-16-24-22-9-5-3-7-20(22)21-8-4-6-10-23(21)24/h3-10,17-19,24-25H,11-16H2,1-2H3,(H,29,33)(H,30,34)(H,31,32)/t19?,25-/m0/s1. The first-order chi connectivity index (χ1) is 16.8. The van der Waals surface area contributed by atoms with Gasteiger partial charge in [-0.2, -0.15) is 0 Å². The van der Waals surface area contributed by atoms with Crippen molar-refractivity contribution in [1.82, 2.24) is 10.6 Å². The van der Waals surface area contributed by atoms with Crippen LogP contribution in [-0.4, -0.2) is 42.3 Å². The number of carboxylic acids is 1. The lowest BCUT2D eigenvalue weighted by molar-refractivity contribution is -0.138. The Labute approximate surface area is 206 Å². The molecule has 0 aliphatic heterocycles. The van der Waals surface area contributed by atoms with E-state index in [0.29, 0.717) is 12.3 Å². The Morgan fingerprint density at radius 3 is 2.14 bits per heavy atom. The lowest BCUT2D eigenvalue weighted by Crippen LogP contribution is -2.48. The van der Waals surface area contributed by atoms with Crippen LogP contribution in [0.2, 0.25) is 0 Å². The Morgan fingerprint density at radius 1 is 1.00 bits per heavy atom. The van der Waals surface area contributed by atoms with Crippen molar-refractivity contribution in [2.45, 2.75) is 51.5 Å². The second-order valence-electron chi connectivity index (χ2n) is 10.0. The number of carbonyl (C=O) groups is 3. The number of carboxylic acid groups (broad SMARTS) is 1. The molecule has 3 N–H and O–H groups in total. The first-order valence-electron chi connectivity index (χ1n) is 12.4. The molecule has 2 aromatic carbocycles. The highest BCUT2D eigenvalue weighted by atomic mass is 16.5. The molecular formula is C28H34N2O5. The first-order valence-corrected chi connectivity index (χ1v) is 12.4. The van der Waals surface area contributed by atoms with Crippen molar-refractivity contribution in [2.75, 3.05) is 13.2 Å². The van der Waals surface area contributed by atoms with Gasteiger partial charge in [0.1, 0.15) is 12.6 Å². The van der Waals surface area contributed by atoms with Crippen LogP contribution in [0, 0.1) is 17.8 Å². The van der Waals surface area contributed by atoms with E-state index in [9.17, 15) is 14.4 Å². The molecule has 2 aliphatic rings. The van der Waals surface area contributed by atoms with Crippen LogP contribution < -0.4 is 10.6 Å². The molecule has 186 valence electrons. The maximum absolute atomic E-state index is 12.9. The second-order valence-corrected chi connectivity index (χ2v) is 10.0. The van der Waals surface area contributed by atoms with Crippen LogP contribution in [0.1, 0.15) is 56.6 Å². The zero-order valence-corrected chi connectivity index (χ0v) is 20.3. The van der Waals surface area contributed by atoms with Crippen molar-refractivity contribution >= 4 is 18.0 Å². The Hall–Kier alpha value is -3.35. The average Bonchev–Trinajstić information content (AvgIpc) is 3.60. The lowest BCUT2D eigenvalue weighted by atomic mass is 9.92. The molecule has 2 atom stereocenters. The number of alkyl carbamates (subject to hydrolysis) is 1. The van der Waals surface area contributed by atoms with Gasteiger partial charge >= 0.3 is 12.1 Å². The summed E-state index contributed by atoms with van der Waals surface area (Å²) in [5, 5.41) is 14.8. The van der Waals surface area contributed by atoms with E-state index in [1.165, 1.54) is 0 Å². The van der Waals surface area contributed by atoms with Crippen LogP contribution in [0.5, 0.6) is 0 Å². The normalized spacial score (nSPS) is 16.2. The summed E-state index contributed by atoms with van der Waals surface area (Å²) in [4.78, 5) is 36.8. The minimum Gasteiger partial charge on any atom is -0.481 e. The van der Waals surface area contributed by atoms with E-state index in [0.717, 1.165) is 35.1 Å². The number of rotatable bonds is 11. The van der Waals surface area contributed by atoms with Gasteiger partial charge in [-0.3, -0.25) is 9.59 Å². The third-order valence-electron chi connectivity index (χ3n) is 7.14. The van der Waals surface area contributed by atoms with Gasteiger partial charge < -0.3 is 20.5 Å². The van der Waals surface area contributed by atoms with Gasteiger partial charge in [-0.25, -0.2) is 4.79 Å². The monoisotopic (exact) mass is 478 g/mol. The molecule has 7 nitrogen and oxygen atoms in total. The zero-order valence-electron chi connectivity index (χ0n) is 20.3.